The van der Waals surface area contributed by atoms with Crippen molar-refractivity contribution >= 4 is 5.82 Å². The van der Waals surface area contributed by atoms with Crippen LogP contribution in [-0.4, -0.2) is 4.98 Å². The quantitative estimate of drug-likeness (QED) is 0.894. The molecule has 3 rings (SSSR count). The van der Waals surface area contributed by atoms with Crippen LogP contribution in [0.15, 0.2) is 30.3 Å². The van der Waals surface area contributed by atoms with Crippen LogP contribution in [0.25, 0.3) is 0 Å². The average Bonchev–Trinajstić information content (AvgIpc) is 2.92. The van der Waals surface area contributed by atoms with Crippen molar-refractivity contribution in [1.82, 2.24) is 10.3 Å². The smallest absolute Gasteiger partial charge is 0.144 e. The Balaban J connectivity index is 1.77. The summed E-state index contributed by atoms with van der Waals surface area (Å²) in [6.45, 7) is 4.50. The summed E-state index contributed by atoms with van der Waals surface area (Å²) in [6.07, 6.45) is 0. The largest absolute Gasteiger partial charge is 0.365 e. The van der Waals surface area contributed by atoms with E-state index in [4.69, 9.17) is 5.26 Å². The topological polar surface area (TPSA) is 60.7 Å². The van der Waals surface area contributed by atoms with Gasteiger partial charge in [0, 0.05) is 25.3 Å². The van der Waals surface area contributed by atoms with Crippen molar-refractivity contribution in [2.24, 2.45) is 0 Å². The average molecular weight is 264 g/mol. The summed E-state index contributed by atoms with van der Waals surface area (Å²) >= 11 is 0. The monoisotopic (exact) mass is 264 g/mol. The molecule has 0 atom stereocenters. The summed E-state index contributed by atoms with van der Waals surface area (Å²) in [6, 6.07) is 12.3. The van der Waals surface area contributed by atoms with Gasteiger partial charge in [0.1, 0.15) is 11.9 Å². The van der Waals surface area contributed by atoms with Crippen molar-refractivity contribution in [3.05, 3.63) is 58.3 Å². The molecule has 1 aliphatic heterocycles. The van der Waals surface area contributed by atoms with E-state index in [1.165, 1.54) is 16.7 Å². The zero-order valence-electron chi connectivity index (χ0n) is 11.4. The van der Waals surface area contributed by atoms with Crippen molar-refractivity contribution in [3.63, 3.8) is 0 Å². The molecule has 0 spiro atoms. The summed E-state index contributed by atoms with van der Waals surface area (Å²) < 4.78 is 0. The fourth-order valence-corrected chi connectivity index (χ4v) is 2.43. The molecule has 20 heavy (non-hydrogen) atoms. The highest BCUT2D eigenvalue weighted by molar-refractivity contribution is 5.52. The van der Waals surface area contributed by atoms with Crippen LogP contribution in [0.2, 0.25) is 0 Å². The van der Waals surface area contributed by atoms with E-state index < -0.39 is 0 Å². The predicted octanol–water partition coefficient (Wildman–Crippen LogP) is 2.48. The first-order chi connectivity index (χ1) is 9.76. The molecule has 1 aromatic heterocycles. The summed E-state index contributed by atoms with van der Waals surface area (Å²) in [7, 11) is 0. The van der Waals surface area contributed by atoms with E-state index in [0.29, 0.717) is 17.9 Å². The zero-order chi connectivity index (χ0) is 13.9. The van der Waals surface area contributed by atoms with E-state index in [9.17, 15) is 0 Å². The van der Waals surface area contributed by atoms with Crippen LogP contribution in [0, 0.1) is 18.3 Å². The first kappa shape index (κ1) is 12.6. The van der Waals surface area contributed by atoms with Gasteiger partial charge in [0.25, 0.3) is 0 Å². The number of hydrogen-bond acceptors (Lipinski definition) is 4. The minimum Gasteiger partial charge on any atom is -0.365 e. The lowest BCUT2D eigenvalue weighted by Gasteiger charge is -2.09. The number of nitriles is 1. The summed E-state index contributed by atoms with van der Waals surface area (Å²) in [4.78, 5) is 4.39. The SMILES string of the molecule is Cc1ccc(C#N)c(NCc2ccc3c(c2)CNC3)n1. The third-order valence-electron chi connectivity index (χ3n) is 3.52. The molecule has 4 heteroatoms. The number of nitrogens with one attached hydrogen (secondary N) is 2. The Kier molecular flexibility index (Phi) is 3.36. The third-order valence-corrected chi connectivity index (χ3v) is 3.52. The van der Waals surface area contributed by atoms with Crippen molar-refractivity contribution < 1.29 is 0 Å². The molecular formula is C16H16N4. The molecule has 0 radical (unpaired) electrons. The molecule has 0 bridgehead atoms. The first-order valence-corrected chi connectivity index (χ1v) is 6.69. The third kappa shape index (κ3) is 2.49. The van der Waals surface area contributed by atoms with Crippen molar-refractivity contribution in [3.8, 4) is 6.07 Å². The number of rotatable bonds is 3. The van der Waals surface area contributed by atoms with Crippen LogP contribution in [0.5, 0.6) is 0 Å². The Morgan fingerprint density at radius 1 is 1.25 bits per heavy atom. The molecule has 1 aromatic carbocycles. The molecule has 0 unspecified atom stereocenters. The second-order valence-electron chi connectivity index (χ2n) is 5.02. The molecule has 0 amide bonds. The van der Waals surface area contributed by atoms with Crippen molar-refractivity contribution in [1.29, 1.82) is 5.26 Å². The lowest BCUT2D eigenvalue weighted by Crippen LogP contribution is -2.04. The van der Waals surface area contributed by atoms with Gasteiger partial charge >= 0.3 is 0 Å². The molecule has 1 aliphatic rings. The van der Waals surface area contributed by atoms with Crippen LogP contribution in [0.1, 0.15) is 27.9 Å². The molecule has 0 fully saturated rings. The van der Waals surface area contributed by atoms with Crippen LogP contribution < -0.4 is 10.6 Å². The van der Waals surface area contributed by atoms with Gasteiger partial charge in [0.05, 0.1) is 5.56 Å². The molecule has 100 valence electrons. The van der Waals surface area contributed by atoms with E-state index in [1.807, 2.05) is 13.0 Å². The van der Waals surface area contributed by atoms with Crippen molar-refractivity contribution in [2.75, 3.05) is 5.32 Å². The van der Waals surface area contributed by atoms with Crippen molar-refractivity contribution in [2.45, 2.75) is 26.6 Å². The lowest BCUT2D eigenvalue weighted by atomic mass is 10.1. The van der Waals surface area contributed by atoms with Crippen LogP contribution in [0.3, 0.4) is 0 Å². The lowest BCUT2D eigenvalue weighted by molar-refractivity contribution is 0.764. The number of fused-ring (bicyclic) bond motifs is 1. The molecule has 2 aromatic rings. The van der Waals surface area contributed by atoms with Gasteiger partial charge in [0.2, 0.25) is 0 Å². The summed E-state index contributed by atoms with van der Waals surface area (Å²) in [5.41, 5.74) is 5.44. The maximum Gasteiger partial charge on any atom is 0.144 e. The van der Waals surface area contributed by atoms with Gasteiger partial charge < -0.3 is 10.6 Å². The highest BCUT2D eigenvalue weighted by Crippen LogP contribution is 2.18. The number of pyridine rings is 1. The predicted molar refractivity (Wildman–Crippen MR) is 78.0 cm³/mol. The Bertz CT molecular complexity index is 685. The maximum absolute atomic E-state index is 9.10. The maximum atomic E-state index is 9.10. The Labute approximate surface area is 118 Å². The van der Waals surface area contributed by atoms with Crippen LogP contribution in [-0.2, 0) is 19.6 Å². The standard InChI is InChI=1S/C16H16N4/c1-11-2-4-13(7-17)16(20-11)19-8-12-3-5-14-9-18-10-15(14)6-12/h2-6,18H,8-10H2,1H3,(H,19,20). The van der Waals surface area contributed by atoms with Crippen LogP contribution in [0.4, 0.5) is 5.82 Å². The number of aromatic nitrogens is 1. The van der Waals surface area contributed by atoms with E-state index in [1.54, 1.807) is 6.07 Å². The number of aryl methyl sites for hydroxylation is 1. The van der Waals surface area contributed by atoms with Gasteiger partial charge in [-0.15, -0.1) is 0 Å². The highest BCUT2D eigenvalue weighted by Gasteiger charge is 2.10. The van der Waals surface area contributed by atoms with Crippen LogP contribution >= 0.6 is 0 Å². The molecule has 0 aliphatic carbocycles. The Morgan fingerprint density at radius 3 is 2.95 bits per heavy atom. The fraction of sp³-hybridized carbons (Fsp3) is 0.250. The van der Waals surface area contributed by atoms with Gasteiger partial charge in [-0.25, -0.2) is 4.98 Å². The van der Waals surface area contributed by atoms with E-state index in [0.717, 1.165) is 18.8 Å². The minimum atomic E-state index is 0.582. The first-order valence-electron chi connectivity index (χ1n) is 6.69. The van der Waals surface area contributed by atoms with Gasteiger partial charge in [-0.3, -0.25) is 0 Å². The van der Waals surface area contributed by atoms with Gasteiger partial charge in [-0.1, -0.05) is 18.2 Å². The number of nitrogens with zero attached hydrogens (tertiary/aromatic N) is 2. The second-order valence-corrected chi connectivity index (χ2v) is 5.02. The molecule has 0 saturated heterocycles. The van der Waals surface area contributed by atoms with Gasteiger partial charge in [-0.2, -0.15) is 5.26 Å². The Hall–Kier alpha value is -2.38. The van der Waals surface area contributed by atoms with E-state index in [2.05, 4.69) is 39.9 Å². The minimum absolute atomic E-state index is 0.582. The molecule has 2 heterocycles. The summed E-state index contributed by atoms with van der Waals surface area (Å²) in [5, 5.41) is 15.7. The highest BCUT2D eigenvalue weighted by atomic mass is 15.0. The number of anilines is 1. The zero-order valence-corrected chi connectivity index (χ0v) is 11.4. The molecule has 0 saturated carbocycles. The number of benzene rings is 1. The van der Waals surface area contributed by atoms with Gasteiger partial charge in [0.15, 0.2) is 0 Å². The fourth-order valence-electron chi connectivity index (χ4n) is 2.43. The Morgan fingerprint density at radius 2 is 2.10 bits per heavy atom. The molecular weight excluding hydrogens is 248 g/mol. The molecule has 2 N–H and O–H groups in total. The van der Waals surface area contributed by atoms with Gasteiger partial charge in [-0.05, 0) is 35.7 Å². The van der Waals surface area contributed by atoms with E-state index in [-0.39, 0.29) is 0 Å². The van der Waals surface area contributed by atoms with E-state index >= 15 is 0 Å². The normalized spacial score (nSPS) is 12.8. The number of hydrogen-bond donors (Lipinski definition) is 2. The summed E-state index contributed by atoms with van der Waals surface area (Å²) in [5.74, 6) is 0.658. The molecule has 4 nitrogen and oxygen atoms in total. The second kappa shape index (κ2) is 5.32.